The van der Waals surface area contributed by atoms with Crippen LogP contribution in [0.25, 0.3) is 0 Å². The molecule has 0 radical (unpaired) electrons. The van der Waals surface area contributed by atoms with Crippen molar-refractivity contribution >= 4 is 10.0 Å². The Bertz CT molecular complexity index is 663. The van der Waals surface area contributed by atoms with E-state index in [1.54, 1.807) is 6.07 Å². The minimum atomic E-state index is -3.49. The second kappa shape index (κ2) is 7.52. The Morgan fingerprint density at radius 1 is 1.12 bits per heavy atom. The maximum Gasteiger partial charge on any atom is 0.240 e. The molecule has 136 valence electrons. The molecule has 0 unspecified atom stereocenters. The van der Waals surface area contributed by atoms with E-state index in [9.17, 15) is 8.42 Å². The first kappa shape index (κ1) is 19.4. The van der Waals surface area contributed by atoms with Crippen LogP contribution < -0.4 is 4.72 Å². The van der Waals surface area contributed by atoms with Crippen LogP contribution in [0.3, 0.4) is 0 Å². The van der Waals surface area contributed by atoms with Crippen LogP contribution in [0, 0.1) is 13.8 Å². The summed E-state index contributed by atoms with van der Waals surface area (Å²) in [6, 6.07) is 5.54. The zero-order valence-corrected chi connectivity index (χ0v) is 16.4. The Balaban J connectivity index is 2.04. The summed E-state index contributed by atoms with van der Waals surface area (Å²) in [5, 5.41) is 0. The minimum absolute atomic E-state index is 0.204. The number of benzene rings is 1. The summed E-state index contributed by atoms with van der Waals surface area (Å²) in [7, 11) is -3.49. The molecule has 1 heterocycles. The second-order valence-corrected chi connectivity index (χ2v) is 9.06. The molecule has 0 saturated carbocycles. The normalized spacial score (nSPS) is 18.0. The van der Waals surface area contributed by atoms with Crippen molar-refractivity contribution in [3.8, 4) is 0 Å². The van der Waals surface area contributed by atoms with Gasteiger partial charge in [0.25, 0.3) is 0 Å². The highest BCUT2D eigenvalue weighted by Crippen LogP contribution is 2.20. The summed E-state index contributed by atoms with van der Waals surface area (Å²) in [5.74, 6) is 0. The number of nitrogens with zero attached hydrogens (tertiary/aromatic N) is 2. The average Bonchev–Trinajstić information content (AvgIpc) is 2.55. The maximum absolute atomic E-state index is 12.7. The number of aryl methyl sites for hydroxylation is 2. The molecule has 1 fully saturated rings. The van der Waals surface area contributed by atoms with E-state index in [0.717, 1.165) is 43.9 Å². The van der Waals surface area contributed by atoms with Gasteiger partial charge in [-0.15, -0.1) is 0 Å². The molecule has 0 aliphatic carbocycles. The molecule has 0 bridgehead atoms. The van der Waals surface area contributed by atoms with Crippen molar-refractivity contribution in [1.29, 1.82) is 0 Å². The Morgan fingerprint density at radius 2 is 1.75 bits per heavy atom. The lowest BCUT2D eigenvalue weighted by molar-refractivity contribution is 0.0571. The molecule has 6 heteroatoms. The lowest BCUT2D eigenvalue weighted by Crippen LogP contribution is -2.58. The molecule has 1 N–H and O–H groups in total. The van der Waals surface area contributed by atoms with E-state index < -0.39 is 10.0 Å². The predicted octanol–water partition coefficient (Wildman–Crippen LogP) is 2.00. The summed E-state index contributed by atoms with van der Waals surface area (Å²) < 4.78 is 28.2. The molecular formula is C18H31N3O2S. The predicted molar refractivity (Wildman–Crippen MR) is 98.9 cm³/mol. The lowest BCUT2D eigenvalue weighted by atomic mass is 10.0. The Morgan fingerprint density at radius 3 is 2.33 bits per heavy atom. The van der Waals surface area contributed by atoms with Crippen LogP contribution in [0.1, 0.15) is 31.9 Å². The van der Waals surface area contributed by atoms with Crippen LogP contribution in [-0.2, 0) is 10.0 Å². The van der Waals surface area contributed by atoms with Gasteiger partial charge in [-0.1, -0.05) is 19.1 Å². The zero-order valence-electron chi connectivity index (χ0n) is 15.6. The number of likely N-dealkylation sites (N-methyl/N-ethyl adjacent to an activating group) is 1. The molecule has 1 saturated heterocycles. The van der Waals surface area contributed by atoms with E-state index in [1.165, 1.54) is 0 Å². The smallest absolute Gasteiger partial charge is 0.240 e. The van der Waals surface area contributed by atoms with E-state index in [4.69, 9.17) is 0 Å². The fraction of sp³-hybridized carbons (Fsp3) is 0.667. The summed E-state index contributed by atoms with van der Waals surface area (Å²) in [4.78, 5) is 5.19. The zero-order chi connectivity index (χ0) is 18.0. The monoisotopic (exact) mass is 353 g/mol. The number of hydrogen-bond acceptors (Lipinski definition) is 4. The average molecular weight is 354 g/mol. The Kier molecular flexibility index (Phi) is 6.07. The molecule has 0 spiro atoms. The van der Waals surface area contributed by atoms with Crippen molar-refractivity contribution in [2.45, 2.75) is 45.1 Å². The van der Waals surface area contributed by atoms with Crippen molar-refractivity contribution < 1.29 is 8.42 Å². The molecule has 1 aliphatic rings. The molecule has 1 aromatic rings. The number of nitrogens with one attached hydrogen (secondary N) is 1. The highest BCUT2D eigenvalue weighted by Gasteiger charge is 2.31. The van der Waals surface area contributed by atoms with Crippen molar-refractivity contribution in [2.24, 2.45) is 0 Å². The third-order valence-corrected chi connectivity index (χ3v) is 6.55. The highest BCUT2D eigenvalue weighted by atomic mass is 32.2. The van der Waals surface area contributed by atoms with Crippen LogP contribution in [-0.4, -0.2) is 63.0 Å². The molecule has 24 heavy (non-hydrogen) atoms. The number of sulfonamides is 1. The number of piperazine rings is 1. The first-order chi connectivity index (χ1) is 11.2. The van der Waals surface area contributed by atoms with Crippen molar-refractivity contribution in [3.05, 3.63) is 29.3 Å². The second-order valence-electron chi connectivity index (χ2n) is 7.33. The number of hydrogen-bond donors (Lipinski definition) is 1. The Hall–Kier alpha value is -0.950. The summed E-state index contributed by atoms with van der Waals surface area (Å²) in [6.45, 7) is 15.7. The van der Waals surface area contributed by atoms with E-state index in [0.29, 0.717) is 11.4 Å². The van der Waals surface area contributed by atoms with Crippen LogP contribution in [0.4, 0.5) is 0 Å². The third kappa shape index (κ3) is 4.57. The van der Waals surface area contributed by atoms with Gasteiger partial charge in [0.2, 0.25) is 10.0 Å². The van der Waals surface area contributed by atoms with Gasteiger partial charge in [0, 0.05) is 38.3 Å². The highest BCUT2D eigenvalue weighted by molar-refractivity contribution is 7.89. The largest absolute Gasteiger partial charge is 0.301 e. The van der Waals surface area contributed by atoms with E-state index >= 15 is 0 Å². The van der Waals surface area contributed by atoms with Crippen LogP contribution in [0.5, 0.6) is 0 Å². The van der Waals surface area contributed by atoms with Crippen molar-refractivity contribution in [3.63, 3.8) is 0 Å². The Labute approximate surface area is 147 Å². The quantitative estimate of drug-likeness (QED) is 0.850. The standard InChI is InChI=1S/C18H31N3O2S/c1-6-20-9-11-21(12-10-20)18(4,5)14-19-24(22,23)17-13-15(2)7-8-16(17)3/h7-8,13,19H,6,9-12,14H2,1-5H3. The van der Waals surface area contributed by atoms with E-state index in [2.05, 4.69) is 35.3 Å². The molecule has 0 aromatic heterocycles. The fourth-order valence-corrected chi connectivity index (χ4v) is 4.66. The fourth-order valence-electron chi connectivity index (χ4n) is 3.13. The van der Waals surface area contributed by atoms with Gasteiger partial charge in [-0.3, -0.25) is 4.90 Å². The van der Waals surface area contributed by atoms with E-state index in [1.807, 2.05) is 26.0 Å². The molecule has 5 nitrogen and oxygen atoms in total. The van der Waals surface area contributed by atoms with Gasteiger partial charge in [-0.2, -0.15) is 0 Å². The van der Waals surface area contributed by atoms with Crippen molar-refractivity contribution in [1.82, 2.24) is 14.5 Å². The van der Waals surface area contributed by atoms with E-state index in [-0.39, 0.29) is 5.54 Å². The topological polar surface area (TPSA) is 52.6 Å². The van der Waals surface area contributed by atoms with Crippen LogP contribution in [0.15, 0.2) is 23.1 Å². The SMILES string of the molecule is CCN1CCN(C(C)(C)CNS(=O)(=O)c2cc(C)ccc2C)CC1. The van der Waals surface area contributed by atoms with Gasteiger partial charge in [0.05, 0.1) is 4.90 Å². The lowest BCUT2D eigenvalue weighted by Gasteiger charge is -2.44. The molecule has 0 amide bonds. The van der Waals surface area contributed by atoms with Gasteiger partial charge >= 0.3 is 0 Å². The maximum atomic E-state index is 12.7. The summed E-state index contributed by atoms with van der Waals surface area (Å²) in [6.07, 6.45) is 0. The third-order valence-electron chi connectivity index (χ3n) is 5.00. The summed E-state index contributed by atoms with van der Waals surface area (Å²) >= 11 is 0. The molecule has 2 rings (SSSR count). The van der Waals surface area contributed by atoms with Crippen LogP contribution >= 0.6 is 0 Å². The first-order valence-electron chi connectivity index (χ1n) is 8.70. The van der Waals surface area contributed by atoms with Gasteiger partial charge in [0.1, 0.15) is 0 Å². The van der Waals surface area contributed by atoms with Gasteiger partial charge in [0.15, 0.2) is 0 Å². The molecular weight excluding hydrogens is 322 g/mol. The van der Waals surface area contributed by atoms with Gasteiger partial charge in [-0.25, -0.2) is 13.1 Å². The van der Waals surface area contributed by atoms with Crippen molar-refractivity contribution in [2.75, 3.05) is 39.3 Å². The molecule has 1 aromatic carbocycles. The molecule has 0 atom stereocenters. The van der Waals surface area contributed by atoms with Crippen LogP contribution in [0.2, 0.25) is 0 Å². The number of rotatable bonds is 6. The molecule has 1 aliphatic heterocycles. The first-order valence-corrected chi connectivity index (χ1v) is 10.2. The summed E-state index contributed by atoms with van der Waals surface area (Å²) in [5.41, 5.74) is 1.53. The van der Waals surface area contributed by atoms with Gasteiger partial charge < -0.3 is 4.90 Å². The minimum Gasteiger partial charge on any atom is -0.301 e. The van der Waals surface area contributed by atoms with Gasteiger partial charge in [-0.05, 0) is 51.4 Å².